The van der Waals surface area contributed by atoms with E-state index in [1.54, 1.807) is 12.3 Å². The van der Waals surface area contributed by atoms with Crippen molar-refractivity contribution in [2.24, 2.45) is 0 Å². The number of benzene rings is 1. The number of nitrogens with one attached hydrogen (secondary N) is 2. The Kier molecular flexibility index (Phi) is 7.20. The van der Waals surface area contributed by atoms with Crippen LogP contribution < -0.4 is 10.6 Å². The highest BCUT2D eigenvalue weighted by molar-refractivity contribution is 7.84. The summed E-state index contributed by atoms with van der Waals surface area (Å²) in [5, 5.41) is 6.50. The van der Waals surface area contributed by atoms with Gasteiger partial charge >= 0.3 is 6.03 Å². The highest BCUT2D eigenvalue weighted by Gasteiger charge is 2.02. The fraction of sp³-hybridized carbons (Fsp3) is 0.417. The Hall–Kier alpha value is -0.780. The summed E-state index contributed by atoms with van der Waals surface area (Å²) in [6.45, 7) is 0.885. The molecule has 1 aromatic carbocycles. The largest absolute Gasteiger partial charge is 0.338 e. The smallest absolute Gasteiger partial charge is 0.314 e. The molecule has 2 amide bonds. The lowest BCUT2D eigenvalue weighted by molar-refractivity contribution is 0.241. The van der Waals surface area contributed by atoms with Crippen molar-refractivity contribution in [2.75, 3.05) is 25.1 Å². The van der Waals surface area contributed by atoms with E-state index in [0.717, 1.165) is 5.56 Å². The number of halogens is 2. The van der Waals surface area contributed by atoms with Gasteiger partial charge in [-0.3, -0.25) is 4.21 Å². The first kappa shape index (κ1) is 16.3. The average Bonchev–Trinajstić information content (AvgIpc) is 2.27. The van der Waals surface area contributed by atoms with Crippen LogP contribution >= 0.6 is 23.2 Å². The molecule has 0 fully saturated rings. The summed E-state index contributed by atoms with van der Waals surface area (Å²) in [6, 6.07) is 5.02. The molecule has 0 saturated heterocycles. The lowest BCUT2D eigenvalue weighted by atomic mass is 10.1. The fourth-order valence-corrected chi connectivity index (χ4v) is 2.41. The van der Waals surface area contributed by atoms with Gasteiger partial charge in [-0.15, -0.1) is 0 Å². The third-order valence-electron chi connectivity index (χ3n) is 2.30. The van der Waals surface area contributed by atoms with Crippen molar-refractivity contribution in [1.82, 2.24) is 10.6 Å². The molecule has 2 N–H and O–H groups in total. The molecule has 0 heterocycles. The van der Waals surface area contributed by atoms with Crippen molar-refractivity contribution < 1.29 is 9.00 Å². The molecule has 0 bridgehead atoms. The minimum atomic E-state index is -0.895. The first-order chi connectivity index (χ1) is 8.97. The number of urea groups is 1. The molecule has 19 heavy (non-hydrogen) atoms. The zero-order valence-corrected chi connectivity index (χ0v) is 12.9. The van der Waals surface area contributed by atoms with Crippen molar-refractivity contribution >= 4 is 40.0 Å². The maximum absolute atomic E-state index is 11.4. The first-order valence-corrected chi connectivity index (χ1v) is 8.22. The molecule has 0 radical (unpaired) electrons. The van der Waals surface area contributed by atoms with E-state index in [-0.39, 0.29) is 6.03 Å². The zero-order valence-electron chi connectivity index (χ0n) is 10.5. The molecular formula is C12H16Cl2N2O2S. The summed E-state index contributed by atoms with van der Waals surface area (Å²) in [5.74, 6) is 0.456. The van der Waals surface area contributed by atoms with E-state index in [4.69, 9.17) is 23.2 Å². The van der Waals surface area contributed by atoms with Crippen LogP contribution in [0.1, 0.15) is 5.56 Å². The van der Waals surface area contributed by atoms with Crippen LogP contribution in [0.25, 0.3) is 0 Å². The third kappa shape index (κ3) is 7.40. The van der Waals surface area contributed by atoms with Crippen molar-refractivity contribution in [1.29, 1.82) is 0 Å². The minimum absolute atomic E-state index is 0.265. The average molecular weight is 323 g/mol. The summed E-state index contributed by atoms with van der Waals surface area (Å²) in [6.07, 6.45) is 2.25. The van der Waals surface area contributed by atoms with Crippen molar-refractivity contribution in [3.63, 3.8) is 0 Å². The highest BCUT2D eigenvalue weighted by Crippen LogP contribution is 2.19. The molecular weight excluding hydrogens is 307 g/mol. The second-order valence-corrected chi connectivity index (χ2v) is 6.42. The van der Waals surface area contributed by atoms with Crippen LogP contribution in [0.3, 0.4) is 0 Å². The van der Waals surface area contributed by atoms with Gasteiger partial charge in [-0.25, -0.2) is 4.79 Å². The van der Waals surface area contributed by atoms with Crippen LogP contribution in [-0.4, -0.2) is 35.3 Å². The van der Waals surface area contributed by atoms with Crippen LogP contribution in [0.5, 0.6) is 0 Å². The molecule has 1 atom stereocenters. The predicted octanol–water partition coefficient (Wildman–Crippen LogP) is 2.21. The van der Waals surface area contributed by atoms with E-state index in [1.807, 2.05) is 12.1 Å². The van der Waals surface area contributed by atoms with Crippen LogP contribution in [0.15, 0.2) is 18.2 Å². The highest BCUT2D eigenvalue weighted by atomic mass is 35.5. The van der Waals surface area contributed by atoms with E-state index in [0.29, 0.717) is 35.3 Å². The van der Waals surface area contributed by atoms with E-state index in [2.05, 4.69) is 10.6 Å². The lowest BCUT2D eigenvalue weighted by Crippen LogP contribution is -2.38. The molecule has 4 nitrogen and oxygen atoms in total. The van der Waals surface area contributed by atoms with Gasteiger partial charge in [-0.2, -0.15) is 0 Å². The van der Waals surface area contributed by atoms with Gasteiger partial charge in [0.25, 0.3) is 0 Å². The van der Waals surface area contributed by atoms with E-state index >= 15 is 0 Å². The minimum Gasteiger partial charge on any atom is -0.338 e. The summed E-state index contributed by atoms with van der Waals surface area (Å²) >= 11 is 11.8. The Labute approximate surface area is 125 Å². The van der Waals surface area contributed by atoms with Crippen LogP contribution in [0.4, 0.5) is 4.79 Å². The third-order valence-corrected chi connectivity index (χ3v) is 3.51. The van der Waals surface area contributed by atoms with Crippen molar-refractivity contribution in [2.45, 2.75) is 6.42 Å². The van der Waals surface area contributed by atoms with Crippen molar-refractivity contribution in [3.8, 4) is 0 Å². The van der Waals surface area contributed by atoms with Crippen LogP contribution in [0, 0.1) is 0 Å². The first-order valence-electron chi connectivity index (χ1n) is 5.74. The van der Waals surface area contributed by atoms with Gasteiger partial charge in [-0.1, -0.05) is 23.2 Å². The standard InChI is InChI=1S/C12H16Cl2N2O2S/c1-19(18)5-4-16-12(17)15-3-2-9-6-10(13)8-11(14)7-9/h6-8H,2-5H2,1H3,(H2,15,16,17). The topological polar surface area (TPSA) is 58.2 Å². The van der Waals surface area contributed by atoms with Crippen LogP contribution in [-0.2, 0) is 17.2 Å². The quantitative estimate of drug-likeness (QED) is 0.843. The van der Waals surface area contributed by atoms with E-state index in [1.165, 1.54) is 0 Å². The van der Waals surface area contributed by atoms with Gasteiger partial charge in [0.05, 0.1) is 0 Å². The SMILES string of the molecule is CS(=O)CCNC(=O)NCCc1cc(Cl)cc(Cl)c1. The van der Waals surface area contributed by atoms with E-state index < -0.39 is 10.8 Å². The maximum Gasteiger partial charge on any atom is 0.314 e. The normalized spacial score (nSPS) is 11.9. The Bertz CT molecular complexity index is 449. The fourth-order valence-electron chi connectivity index (χ4n) is 1.45. The molecule has 1 aromatic rings. The molecule has 0 aliphatic heterocycles. The predicted molar refractivity (Wildman–Crippen MR) is 80.5 cm³/mol. The molecule has 0 aliphatic carbocycles. The van der Waals surface area contributed by atoms with Crippen LogP contribution in [0.2, 0.25) is 10.0 Å². The Morgan fingerprint density at radius 3 is 2.32 bits per heavy atom. The second-order valence-electron chi connectivity index (χ2n) is 3.99. The van der Waals surface area contributed by atoms with Crippen molar-refractivity contribution in [3.05, 3.63) is 33.8 Å². The number of amides is 2. The Morgan fingerprint density at radius 1 is 1.16 bits per heavy atom. The molecule has 0 aromatic heterocycles. The summed E-state index contributed by atoms with van der Waals surface area (Å²) < 4.78 is 10.8. The Balaban J connectivity index is 2.26. The summed E-state index contributed by atoms with van der Waals surface area (Å²) in [5.41, 5.74) is 0.965. The van der Waals surface area contributed by atoms with Gasteiger partial charge in [-0.05, 0) is 30.2 Å². The molecule has 106 valence electrons. The number of carbonyl (C=O) groups excluding carboxylic acids is 1. The number of rotatable bonds is 6. The maximum atomic E-state index is 11.4. The van der Waals surface area contributed by atoms with E-state index in [9.17, 15) is 9.00 Å². The number of hydrogen-bond donors (Lipinski definition) is 2. The van der Waals surface area contributed by atoms with Gasteiger partial charge in [0.15, 0.2) is 0 Å². The van der Waals surface area contributed by atoms with Gasteiger partial charge in [0.2, 0.25) is 0 Å². The van der Waals surface area contributed by atoms with Gasteiger partial charge in [0, 0.05) is 45.9 Å². The summed E-state index contributed by atoms with van der Waals surface area (Å²) in [7, 11) is -0.895. The molecule has 0 saturated carbocycles. The molecule has 0 aliphatic rings. The summed E-state index contributed by atoms with van der Waals surface area (Å²) in [4.78, 5) is 11.4. The molecule has 7 heteroatoms. The monoisotopic (exact) mass is 322 g/mol. The van der Waals surface area contributed by atoms with Gasteiger partial charge in [0.1, 0.15) is 0 Å². The Morgan fingerprint density at radius 2 is 1.74 bits per heavy atom. The molecule has 1 unspecified atom stereocenters. The molecule has 0 spiro atoms. The molecule has 1 rings (SSSR count). The lowest BCUT2D eigenvalue weighted by Gasteiger charge is -2.07. The second kappa shape index (κ2) is 8.40. The number of hydrogen-bond acceptors (Lipinski definition) is 2. The zero-order chi connectivity index (χ0) is 14.3. The van der Waals surface area contributed by atoms with Gasteiger partial charge < -0.3 is 10.6 Å². The number of carbonyl (C=O) groups is 1.